The second-order valence-electron chi connectivity index (χ2n) is 8.12. The molecule has 1 fully saturated rings. The van der Waals surface area contributed by atoms with Crippen LogP contribution in [0.25, 0.3) is 0 Å². The van der Waals surface area contributed by atoms with Crippen LogP contribution in [0, 0.1) is 23.7 Å². The predicted molar refractivity (Wildman–Crippen MR) is 110 cm³/mol. The van der Waals surface area contributed by atoms with Crippen LogP contribution in [0.2, 0.25) is 0 Å². The van der Waals surface area contributed by atoms with Gasteiger partial charge >= 0.3 is 5.97 Å². The first-order chi connectivity index (χ1) is 13.9. The maximum atomic E-state index is 13.3. The largest absolute Gasteiger partial charge is 0.466 e. The first kappa shape index (κ1) is 23.4. The molecule has 1 aliphatic carbocycles. The summed E-state index contributed by atoms with van der Waals surface area (Å²) >= 11 is 0. The third-order valence-corrected chi connectivity index (χ3v) is 6.01. The highest BCUT2D eigenvalue weighted by Gasteiger charge is 2.57. The molecular formula is C22H36N2O5. The molecule has 0 radical (unpaired) electrons. The van der Waals surface area contributed by atoms with E-state index in [1.54, 1.807) is 6.92 Å². The zero-order valence-corrected chi connectivity index (χ0v) is 18.1. The highest BCUT2D eigenvalue weighted by Crippen LogP contribution is 2.45. The van der Waals surface area contributed by atoms with E-state index in [-0.39, 0.29) is 49.5 Å². The number of esters is 1. The molecule has 1 aliphatic heterocycles. The number of ether oxygens (including phenoxy) is 1. The Morgan fingerprint density at radius 2 is 1.97 bits per heavy atom. The Kier molecular flexibility index (Phi) is 8.68. The van der Waals surface area contributed by atoms with Gasteiger partial charge in [0.2, 0.25) is 11.8 Å². The summed E-state index contributed by atoms with van der Waals surface area (Å²) < 4.78 is 5.31. The smallest absolute Gasteiger partial charge is 0.310 e. The molecule has 2 rings (SSSR count). The Morgan fingerprint density at radius 1 is 1.24 bits per heavy atom. The maximum Gasteiger partial charge on any atom is 0.310 e. The van der Waals surface area contributed by atoms with Crippen LogP contribution in [-0.2, 0) is 19.1 Å². The van der Waals surface area contributed by atoms with Gasteiger partial charge in [0.05, 0.1) is 25.0 Å². The lowest BCUT2D eigenvalue weighted by Gasteiger charge is -2.34. The van der Waals surface area contributed by atoms with Gasteiger partial charge in [-0.3, -0.25) is 14.4 Å². The summed E-state index contributed by atoms with van der Waals surface area (Å²) in [5.41, 5.74) is 0. The number of hydrogen-bond acceptors (Lipinski definition) is 5. The van der Waals surface area contributed by atoms with E-state index < -0.39 is 23.8 Å². The second-order valence-corrected chi connectivity index (χ2v) is 8.12. The van der Waals surface area contributed by atoms with Crippen LogP contribution in [0.4, 0.5) is 0 Å². The third-order valence-electron chi connectivity index (χ3n) is 6.01. The Balaban J connectivity index is 2.38. The molecule has 2 aliphatic rings. The lowest BCUT2D eigenvalue weighted by atomic mass is 9.68. The quantitative estimate of drug-likeness (QED) is 0.425. The molecule has 7 heteroatoms. The highest BCUT2D eigenvalue weighted by molar-refractivity contribution is 5.96. The van der Waals surface area contributed by atoms with Crippen molar-refractivity contribution in [1.82, 2.24) is 10.2 Å². The van der Waals surface area contributed by atoms with Crippen molar-refractivity contribution in [3.63, 3.8) is 0 Å². The van der Waals surface area contributed by atoms with Gasteiger partial charge in [-0.15, -0.1) is 0 Å². The van der Waals surface area contributed by atoms with Gasteiger partial charge in [-0.25, -0.2) is 0 Å². The molecule has 0 saturated carbocycles. The van der Waals surface area contributed by atoms with Crippen LogP contribution in [0.15, 0.2) is 12.2 Å². The van der Waals surface area contributed by atoms with E-state index in [0.717, 1.165) is 25.7 Å². The molecule has 2 N–H and O–H groups in total. The number of likely N-dealkylation sites (tertiary alicyclic amines) is 1. The van der Waals surface area contributed by atoms with Crippen LogP contribution in [0.3, 0.4) is 0 Å². The van der Waals surface area contributed by atoms with Crippen molar-refractivity contribution in [3.05, 3.63) is 12.2 Å². The number of nitrogens with one attached hydrogen (secondary N) is 1. The van der Waals surface area contributed by atoms with Crippen LogP contribution in [-0.4, -0.2) is 59.6 Å². The SMILES string of the molecule is CCCC(C)NC(=O)[C@@H]1[C@H]2C=C[C@@H](CCC)[C@@H](C(=O)OCC)[C@H]2C(=O)N1CCO. The monoisotopic (exact) mass is 408 g/mol. The highest BCUT2D eigenvalue weighted by atomic mass is 16.5. The van der Waals surface area contributed by atoms with E-state index in [0.29, 0.717) is 0 Å². The zero-order valence-electron chi connectivity index (χ0n) is 18.1. The summed E-state index contributed by atoms with van der Waals surface area (Å²) in [6.07, 6.45) is 7.37. The van der Waals surface area contributed by atoms with E-state index in [1.165, 1.54) is 4.90 Å². The summed E-state index contributed by atoms with van der Waals surface area (Å²) in [5, 5.41) is 12.5. The fourth-order valence-electron chi connectivity index (χ4n) is 4.85. The summed E-state index contributed by atoms with van der Waals surface area (Å²) in [5.74, 6) is -2.53. The number of aliphatic hydroxyl groups is 1. The Morgan fingerprint density at radius 3 is 2.55 bits per heavy atom. The molecule has 1 unspecified atom stereocenters. The van der Waals surface area contributed by atoms with Crippen molar-refractivity contribution in [2.45, 2.75) is 65.5 Å². The first-order valence-electron chi connectivity index (χ1n) is 11.0. The minimum Gasteiger partial charge on any atom is -0.466 e. The number of rotatable bonds is 10. The predicted octanol–water partition coefficient (Wildman–Crippen LogP) is 1.89. The van der Waals surface area contributed by atoms with E-state index in [1.807, 2.05) is 26.0 Å². The third kappa shape index (κ3) is 5.00. The fraction of sp³-hybridized carbons (Fsp3) is 0.773. The van der Waals surface area contributed by atoms with Crippen molar-refractivity contribution >= 4 is 17.8 Å². The summed E-state index contributed by atoms with van der Waals surface area (Å²) in [7, 11) is 0. The van der Waals surface area contributed by atoms with Crippen LogP contribution >= 0.6 is 0 Å². The van der Waals surface area contributed by atoms with Gasteiger partial charge in [0.25, 0.3) is 0 Å². The molecule has 29 heavy (non-hydrogen) atoms. The number of nitrogens with zero attached hydrogens (tertiary/aromatic N) is 1. The molecule has 6 atom stereocenters. The summed E-state index contributed by atoms with van der Waals surface area (Å²) in [6, 6.07) is -0.714. The van der Waals surface area contributed by atoms with Crippen molar-refractivity contribution in [3.8, 4) is 0 Å². The van der Waals surface area contributed by atoms with Crippen LogP contribution in [0.5, 0.6) is 0 Å². The molecule has 7 nitrogen and oxygen atoms in total. The number of β-amino-alcohol motifs (C(OH)–C–C–N with tert-alkyl or cyclic N) is 1. The fourth-order valence-corrected chi connectivity index (χ4v) is 4.85. The van der Waals surface area contributed by atoms with E-state index >= 15 is 0 Å². The number of aliphatic hydroxyl groups excluding tert-OH is 1. The Labute approximate surface area is 173 Å². The van der Waals surface area contributed by atoms with Gasteiger partial charge in [-0.05, 0) is 32.6 Å². The topological polar surface area (TPSA) is 95.9 Å². The van der Waals surface area contributed by atoms with Gasteiger partial charge in [-0.2, -0.15) is 0 Å². The summed E-state index contributed by atoms with van der Waals surface area (Å²) in [4.78, 5) is 40.7. The lowest BCUT2D eigenvalue weighted by molar-refractivity contribution is -0.155. The minimum atomic E-state index is -0.713. The van der Waals surface area contributed by atoms with Crippen LogP contribution < -0.4 is 5.32 Å². The molecule has 1 heterocycles. The number of amides is 2. The van der Waals surface area contributed by atoms with Crippen LogP contribution in [0.1, 0.15) is 53.4 Å². The number of hydrogen-bond donors (Lipinski definition) is 2. The van der Waals surface area contributed by atoms with Gasteiger partial charge in [0.15, 0.2) is 0 Å². The zero-order chi connectivity index (χ0) is 21.6. The molecule has 0 aromatic heterocycles. The lowest BCUT2D eigenvalue weighted by Crippen LogP contribution is -2.50. The normalized spacial score (nSPS) is 29.5. The Hall–Kier alpha value is -1.89. The number of allylic oxidation sites excluding steroid dienone is 1. The standard InChI is InChI=1S/C22H36N2O5/c1-5-8-14(4)23-20(26)19-16-11-10-15(9-6-2)17(22(28)29-7-3)18(16)21(27)24(19)12-13-25/h10-11,14-19,25H,5-9,12-13H2,1-4H3,(H,23,26)/t14?,15-,16+,17-,18+,19+/m1/s1. The van der Waals surface area contributed by atoms with Crippen molar-refractivity contribution in [2.75, 3.05) is 19.8 Å². The molecule has 2 amide bonds. The first-order valence-corrected chi connectivity index (χ1v) is 11.0. The average molecular weight is 409 g/mol. The molecule has 0 bridgehead atoms. The van der Waals surface area contributed by atoms with Crippen molar-refractivity contribution < 1.29 is 24.2 Å². The minimum absolute atomic E-state index is 0.00103. The average Bonchev–Trinajstić information content (AvgIpc) is 2.95. The number of carbonyl (C=O) groups excluding carboxylic acids is 3. The molecule has 0 spiro atoms. The van der Waals surface area contributed by atoms with Crippen molar-refractivity contribution in [1.29, 1.82) is 0 Å². The van der Waals surface area contributed by atoms with Crippen molar-refractivity contribution in [2.24, 2.45) is 23.7 Å². The Bertz CT molecular complexity index is 620. The maximum absolute atomic E-state index is 13.3. The second kappa shape index (κ2) is 10.8. The van der Waals surface area contributed by atoms with E-state index in [2.05, 4.69) is 12.2 Å². The van der Waals surface area contributed by atoms with E-state index in [4.69, 9.17) is 4.74 Å². The molecule has 1 saturated heterocycles. The molecule has 164 valence electrons. The molecule has 0 aromatic carbocycles. The van der Waals surface area contributed by atoms with Gasteiger partial charge in [0, 0.05) is 18.5 Å². The van der Waals surface area contributed by atoms with Gasteiger partial charge < -0.3 is 20.1 Å². The van der Waals surface area contributed by atoms with E-state index in [9.17, 15) is 19.5 Å². The number of fused-ring (bicyclic) bond motifs is 1. The molecular weight excluding hydrogens is 372 g/mol. The van der Waals surface area contributed by atoms with Gasteiger partial charge in [-0.1, -0.05) is 38.8 Å². The molecule has 0 aromatic rings. The number of carbonyl (C=O) groups is 3. The summed E-state index contributed by atoms with van der Waals surface area (Å²) in [6.45, 7) is 7.89. The van der Waals surface area contributed by atoms with Gasteiger partial charge in [0.1, 0.15) is 6.04 Å².